The lowest BCUT2D eigenvalue weighted by molar-refractivity contribution is -0.139. The number of rotatable bonds is 1. The molecular weight excluding hydrogens is 244 g/mol. The first kappa shape index (κ1) is 10.8. The summed E-state index contributed by atoms with van der Waals surface area (Å²) in [6, 6.07) is 7.63. The lowest BCUT2D eigenvalue weighted by atomic mass is 10.2. The fourth-order valence-corrected chi connectivity index (χ4v) is 1.22. The minimum atomic E-state index is -0.313. The summed E-state index contributed by atoms with van der Waals surface area (Å²) in [5, 5.41) is 0. The highest BCUT2D eigenvalue weighted by atomic mass is 79.9. The maximum absolute atomic E-state index is 10.4. The van der Waals surface area contributed by atoms with E-state index in [1.54, 1.807) is 0 Å². The SMILES string of the molecule is CC(=O)OCC#Cc1ccccc1Br. The van der Waals surface area contributed by atoms with Crippen LogP contribution in [-0.4, -0.2) is 12.6 Å². The largest absolute Gasteiger partial charge is 0.453 e. The van der Waals surface area contributed by atoms with Crippen LogP contribution in [0.1, 0.15) is 12.5 Å². The zero-order valence-electron chi connectivity index (χ0n) is 7.71. The van der Waals surface area contributed by atoms with Gasteiger partial charge in [0.1, 0.15) is 0 Å². The van der Waals surface area contributed by atoms with Gasteiger partial charge in [-0.15, -0.1) is 0 Å². The first-order valence-corrected chi connectivity index (χ1v) is 4.86. The molecule has 0 radical (unpaired) electrons. The normalized spacial score (nSPS) is 8.71. The fraction of sp³-hybridized carbons (Fsp3) is 0.182. The summed E-state index contributed by atoms with van der Waals surface area (Å²) in [5.41, 5.74) is 0.889. The van der Waals surface area contributed by atoms with Gasteiger partial charge in [-0.1, -0.05) is 24.0 Å². The average Bonchev–Trinajstić information content (AvgIpc) is 2.15. The Balaban J connectivity index is 2.59. The Morgan fingerprint density at radius 1 is 1.50 bits per heavy atom. The summed E-state index contributed by atoms with van der Waals surface area (Å²) in [4.78, 5) is 10.4. The molecule has 0 spiro atoms. The summed E-state index contributed by atoms with van der Waals surface area (Å²) in [6.45, 7) is 1.50. The van der Waals surface area contributed by atoms with Crippen LogP contribution in [0.5, 0.6) is 0 Å². The van der Waals surface area contributed by atoms with E-state index in [4.69, 9.17) is 0 Å². The topological polar surface area (TPSA) is 26.3 Å². The van der Waals surface area contributed by atoms with Gasteiger partial charge in [-0.05, 0) is 28.1 Å². The van der Waals surface area contributed by atoms with E-state index in [2.05, 4.69) is 32.5 Å². The van der Waals surface area contributed by atoms with Crippen LogP contribution in [0.3, 0.4) is 0 Å². The van der Waals surface area contributed by atoms with E-state index in [0.29, 0.717) is 0 Å². The summed E-state index contributed by atoms with van der Waals surface area (Å²) in [7, 11) is 0. The van der Waals surface area contributed by atoms with Gasteiger partial charge in [0.15, 0.2) is 6.61 Å². The number of hydrogen-bond donors (Lipinski definition) is 0. The third-order valence-electron chi connectivity index (χ3n) is 1.44. The van der Waals surface area contributed by atoms with Crippen LogP contribution in [-0.2, 0) is 9.53 Å². The number of esters is 1. The van der Waals surface area contributed by atoms with E-state index < -0.39 is 0 Å². The van der Waals surface area contributed by atoms with Crippen molar-refractivity contribution in [3.63, 3.8) is 0 Å². The molecule has 0 fully saturated rings. The lowest BCUT2D eigenvalue weighted by Gasteiger charge is -1.94. The Hall–Kier alpha value is -1.27. The molecule has 0 aliphatic rings. The third kappa shape index (κ3) is 3.63. The summed E-state index contributed by atoms with van der Waals surface area (Å²) in [5.74, 6) is 5.33. The molecule has 0 N–H and O–H groups in total. The van der Waals surface area contributed by atoms with Gasteiger partial charge in [0.2, 0.25) is 0 Å². The number of ether oxygens (including phenoxy) is 1. The summed E-state index contributed by atoms with van der Waals surface area (Å²) < 4.78 is 5.62. The highest BCUT2D eigenvalue weighted by molar-refractivity contribution is 9.10. The number of hydrogen-bond acceptors (Lipinski definition) is 2. The van der Waals surface area contributed by atoms with Gasteiger partial charge < -0.3 is 4.74 Å². The van der Waals surface area contributed by atoms with Crippen molar-refractivity contribution < 1.29 is 9.53 Å². The Morgan fingerprint density at radius 3 is 2.86 bits per heavy atom. The molecule has 0 aromatic heterocycles. The molecule has 2 nitrogen and oxygen atoms in total. The van der Waals surface area contributed by atoms with Crippen LogP contribution in [0.25, 0.3) is 0 Å². The second-order valence-electron chi connectivity index (χ2n) is 2.56. The van der Waals surface area contributed by atoms with Crippen LogP contribution < -0.4 is 0 Å². The van der Waals surface area contributed by atoms with Gasteiger partial charge in [0, 0.05) is 17.0 Å². The van der Waals surface area contributed by atoms with Crippen molar-refractivity contribution in [2.75, 3.05) is 6.61 Å². The molecule has 0 unspecified atom stereocenters. The third-order valence-corrected chi connectivity index (χ3v) is 2.14. The first-order chi connectivity index (χ1) is 6.70. The fourth-order valence-electron chi connectivity index (χ4n) is 0.832. The van der Waals surface area contributed by atoms with Crippen molar-refractivity contribution >= 4 is 21.9 Å². The van der Waals surface area contributed by atoms with Gasteiger partial charge in [-0.3, -0.25) is 4.79 Å². The van der Waals surface area contributed by atoms with E-state index in [-0.39, 0.29) is 12.6 Å². The molecule has 0 atom stereocenters. The van der Waals surface area contributed by atoms with Crippen LogP contribution >= 0.6 is 15.9 Å². The molecule has 72 valence electrons. The quantitative estimate of drug-likeness (QED) is 0.567. The molecule has 0 saturated carbocycles. The molecule has 0 bridgehead atoms. The average molecular weight is 253 g/mol. The van der Waals surface area contributed by atoms with Crippen LogP contribution in [0.4, 0.5) is 0 Å². The Labute approximate surface area is 91.4 Å². The molecule has 0 amide bonds. The zero-order chi connectivity index (χ0) is 10.4. The van der Waals surface area contributed by atoms with Gasteiger partial charge in [-0.2, -0.15) is 0 Å². The summed E-state index contributed by atoms with van der Waals surface area (Å²) in [6.07, 6.45) is 0. The predicted octanol–water partition coefficient (Wildman–Crippen LogP) is 2.36. The smallest absolute Gasteiger partial charge is 0.303 e. The van der Waals surface area contributed by atoms with E-state index >= 15 is 0 Å². The number of halogens is 1. The number of benzene rings is 1. The molecule has 1 rings (SSSR count). The molecule has 1 aromatic carbocycles. The van der Waals surface area contributed by atoms with Crippen molar-refractivity contribution in [2.24, 2.45) is 0 Å². The van der Waals surface area contributed by atoms with Crippen molar-refractivity contribution in [3.8, 4) is 11.8 Å². The van der Waals surface area contributed by atoms with E-state index in [0.717, 1.165) is 10.0 Å². The maximum Gasteiger partial charge on any atom is 0.303 e. The van der Waals surface area contributed by atoms with Gasteiger partial charge in [0.05, 0.1) is 0 Å². The molecule has 0 saturated heterocycles. The van der Waals surface area contributed by atoms with Crippen LogP contribution in [0.2, 0.25) is 0 Å². The molecule has 0 heterocycles. The highest BCUT2D eigenvalue weighted by Gasteiger charge is 1.92. The van der Waals surface area contributed by atoms with Crippen molar-refractivity contribution in [3.05, 3.63) is 34.3 Å². The van der Waals surface area contributed by atoms with E-state index in [1.807, 2.05) is 24.3 Å². The van der Waals surface area contributed by atoms with E-state index in [1.165, 1.54) is 6.92 Å². The van der Waals surface area contributed by atoms with Crippen LogP contribution in [0.15, 0.2) is 28.7 Å². The van der Waals surface area contributed by atoms with Crippen molar-refractivity contribution in [2.45, 2.75) is 6.92 Å². The minimum absolute atomic E-state index is 0.136. The zero-order valence-corrected chi connectivity index (χ0v) is 9.30. The molecule has 1 aromatic rings. The summed E-state index contributed by atoms with van der Waals surface area (Å²) >= 11 is 3.37. The lowest BCUT2D eigenvalue weighted by Crippen LogP contribution is -1.97. The van der Waals surface area contributed by atoms with Crippen molar-refractivity contribution in [1.29, 1.82) is 0 Å². The number of carbonyl (C=O) groups excluding carboxylic acids is 1. The first-order valence-electron chi connectivity index (χ1n) is 4.07. The Morgan fingerprint density at radius 2 is 2.21 bits per heavy atom. The second kappa shape index (κ2) is 5.46. The monoisotopic (exact) mass is 252 g/mol. The standard InChI is InChI=1S/C11H9BrO2/c1-9(13)14-8-4-6-10-5-2-3-7-11(10)12/h2-3,5,7H,8H2,1H3. The molecule has 14 heavy (non-hydrogen) atoms. The minimum Gasteiger partial charge on any atom is -0.453 e. The Bertz CT molecular complexity index is 388. The highest BCUT2D eigenvalue weighted by Crippen LogP contribution is 2.13. The molecule has 0 aliphatic carbocycles. The maximum atomic E-state index is 10.4. The molecule has 0 aliphatic heterocycles. The van der Waals surface area contributed by atoms with E-state index in [9.17, 15) is 4.79 Å². The molecule has 3 heteroatoms. The van der Waals surface area contributed by atoms with Gasteiger partial charge >= 0.3 is 5.97 Å². The molecular formula is C11H9BrO2. The van der Waals surface area contributed by atoms with Crippen molar-refractivity contribution in [1.82, 2.24) is 0 Å². The second-order valence-corrected chi connectivity index (χ2v) is 3.42. The number of carbonyl (C=O) groups is 1. The Kier molecular flexibility index (Phi) is 4.21. The van der Waals surface area contributed by atoms with Gasteiger partial charge in [-0.25, -0.2) is 0 Å². The van der Waals surface area contributed by atoms with Crippen LogP contribution in [0, 0.1) is 11.8 Å². The predicted molar refractivity (Wildman–Crippen MR) is 57.7 cm³/mol. The van der Waals surface area contributed by atoms with Gasteiger partial charge in [0.25, 0.3) is 0 Å².